The largest absolute Gasteiger partial charge is 0.543 e. The average molecular weight is 620 g/mol. The van der Waals surface area contributed by atoms with Crippen LogP contribution in [-0.4, -0.2) is 0 Å². The van der Waals surface area contributed by atoms with Crippen LogP contribution in [-0.2, 0) is 37.0 Å². The van der Waals surface area contributed by atoms with Crippen molar-refractivity contribution in [2.75, 3.05) is 15.5 Å². The molecule has 0 aromatic heterocycles. The number of rotatable bonds is 9. The second kappa shape index (κ2) is 11.7. The van der Waals surface area contributed by atoms with E-state index in [0.717, 1.165) is 36.4 Å². The second-order valence-corrected chi connectivity index (χ2v) is 9.20. The van der Waals surface area contributed by atoms with Crippen LogP contribution in [0.15, 0.2) is 72.8 Å². The van der Waals surface area contributed by atoms with E-state index in [9.17, 15) is 44.1 Å². The molecule has 0 aliphatic heterocycles. The van der Waals surface area contributed by atoms with Crippen molar-refractivity contribution >= 4 is 24.9 Å². The molecule has 0 fully saturated rings. The summed E-state index contributed by atoms with van der Waals surface area (Å²) in [6, 6.07) is 8.88. The second-order valence-electron chi connectivity index (χ2n) is 7.81. The van der Waals surface area contributed by atoms with E-state index in [-0.39, 0.29) is 15.5 Å². The molecule has 0 saturated carbocycles. The molecule has 6 N–H and O–H groups in total. The lowest BCUT2D eigenvalue weighted by Crippen LogP contribution is -2.38. The molecule has 3 aromatic carbocycles. The number of anilines is 3. The average Bonchev–Trinajstić information content (AvgIpc) is 2.87. The van der Waals surface area contributed by atoms with E-state index in [1.165, 1.54) is 0 Å². The quantitative estimate of drug-likeness (QED) is 0.112. The van der Waals surface area contributed by atoms with Gasteiger partial charge in [-0.3, -0.25) is 0 Å². The van der Waals surface area contributed by atoms with Crippen LogP contribution in [0.3, 0.4) is 0 Å². The van der Waals surface area contributed by atoms with Crippen molar-refractivity contribution in [3.05, 3.63) is 89.5 Å². The summed E-state index contributed by atoms with van der Waals surface area (Å²) in [5.74, 6) is 16.7. The first kappa shape index (κ1) is 31.9. The zero-order valence-electron chi connectivity index (χ0n) is 20.0. The fourth-order valence-electron chi connectivity index (χ4n) is 2.97. The standard InChI is InChI=1S/C21H18F9N6O4P/c22-19(23,24)13-4-1-7-16(10-13)34(31)38-41(37,39-35(32)17-8-2-5-14(11-17)20(25,26)27)40-36(33)18-9-3-6-15(12-18)21(28,29)30/h1-12H,31-33H2. The van der Waals surface area contributed by atoms with E-state index < -0.39 is 60.1 Å². The highest BCUT2D eigenvalue weighted by atomic mass is 31.2. The van der Waals surface area contributed by atoms with E-state index in [1.807, 2.05) is 0 Å². The first-order chi connectivity index (χ1) is 18.8. The van der Waals surface area contributed by atoms with Gasteiger partial charge in [-0.15, -0.1) is 13.9 Å². The Bertz CT molecular complexity index is 1240. The van der Waals surface area contributed by atoms with Gasteiger partial charge in [-0.1, -0.05) is 18.2 Å². The number of hydrogen-bond donors (Lipinski definition) is 3. The third-order valence-corrected chi connectivity index (χ3v) is 5.98. The Morgan fingerprint density at radius 1 is 0.512 bits per heavy atom. The molecule has 0 saturated heterocycles. The van der Waals surface area contributed by atoms with E-state index in [0.29, 0.717) is 36.4 Å². The maximum absolute atomic E-state index is 13.5. The zero-order chi connectivity index (χ0) is 30.8. The summed E-state index contributed by atoms with van der Waals surface area (Å²) >= 11 is 0. The fraction of sp³-hybridized carbons (Fsp3) is 0.143. The van der Waals surface area contributed by atoms with Crippen LogP contribution >= 0.6 is 7.82 Å². The first-order valence-corrected chi connectivity index (χ1v) is 12.1. The summed E-state index contributed by atoms with van der Waals surface area (Å²) in [5, 5.41) is -0.0953. The van der Waals surface area contributed by atoms with Crippen molar-refractivity contribution in [2.24, 2.45) is 17.5 Å². The van der Waals surface area contributed by atoms with Gasteiger partial charge in [-0.05, 0) is 54.6 Å². The number of nitrogens with two attached hydrogens (primary N) is 3. The Labute approximate surface area is 224 Å². The lowest BCUT2D eigenvalue weighted by molar-refractivity contribution is -0.138. The van der Waals surface area contributed by atoms with Crippen LogP contribution in [0.2, 0.25) is 0 Å². The number of nitrogens with zero attached hydrogens (tertiary/aromatic N) is 3. The Morgan fingerprint density at radius 3 is 0.976 bits per heavy atom. The number of halogens is 9. The lowest BCUT2D eigenvalue weighted by atomic mass is 10.2. The van der Waals surface area contributed by atoms with Gasteiger partial charge in [0.2, 0.25) is 0 Å². The molecule has 0 amide bonds. The highest BCUT2D eigenvalue weighted by molar-refractivity contribution is 7.48. The first-order valence-electron chi connectivity index (χ1n) is 10.6. The van der Waals surface area contributed by atoms with Gasteiger partial charge < -0.3 is 0 Å². The van der Waals surface area contributed by atoms with Crippen molar-refractivity contribution < 1.29 is 58.0 Å². The maximum Gasteiger partial charge on any atom is 0.543 e. The summed E-state index contributed by atoms with van der Waals surface area (Å²) in [5.41, 5.74) is -5.47. The molecule has 0 aliphatic carbocycles. The Hall–Kier alpha value is -3.58. The van der Waals surface area contributed by atoms with Crippen molar-refractivity contribution in [2.45, 2.75) is 18.5 Å². The van der Waals surface area contributed by atoms with Gasteiger partial charge in [0.25, 0.3) is 0 Å². The van der Waals surface area contributed by atoms with Gasteiger partial charge in [0.15, 0.2) is 0 Å². The van der Waals surface area contributed by atoms with Crippen LogP contribution in [0, 0.1) is 0 Å². The molecule has 3 aromatic rings. The smallest absolute Gasteiger partial charge is 0.222 e. The van der Waals surface area contributed by atoms with E-state index in [1.54, 1.807) is 0 Å². The third-order valence-electron chi connectivity index (χ3n) is 4.85. The summed E-state index contributed by atoms with van der Waals surface area (Å²) in [6.07, 6.45) is -14.5. The van der Waals surface area contributed by atoms with Gasteiger partial charge in [-0.2, -0.15) is 55.0 Å². The van der Waals surface area contributed by atoms with Gasteiger partial charge in [0.1, 0.15) is 0 Å². The van der Waals surface area contributed by atoms with Gasteiger partial charge in [0, 0.05) is 0 Å². The number of hydrazine groups is 3. The topological polar surface area (TPSA) is 133 Å². The molecular formula is C21H18F9N6O4P. The highest BCUT2D eigenvalue weighted by Gasteiger charge is 2.39. The predicted molar refractivity (Wildman–Crippen MR) is 125 cm³/mol. The number of alkyl halides is 9. The molecule has 0 aliphatic rings. The molecule has 10 nitrogen and oxygen atoms in total. The van der Waals surface area contributed by atoms with Gasteiger partial charge in [0.05, 0.1) is 33.8 Å². The highest BCUT2D eigenvalue weighted by Crippen LogP contribution is 2.52. The Kier molecular flexibility index (Phi) is 9.14. The normalized spacial score (nSPS) is 12.8. The SMILES string of the molecule is NN(OP(=O)(ON(N)c1cccc(C(F)(F)F)c1)ON(N)c1cccc(C(F)(F)F)c1)c1cccc(C(F)(F)F)c1. The molecule has 0 radical (unpaired) electrons. The van der Waals surface area contributed by atoms with Gasteiger partial charge in [-0.25, -0.2) is 22.1 Å². The van der Waals surface area contributed by atoms with E-state index >= 15 is 0 Å². The van der Waals surface area contributed by atoms with Crippen LogP contribution in [0.1, 0.15) is 16.7 Å². The summed E-state index contributed by atoms with van der Waals surface area (Å²) in [6.45, 7) is 0. The lowest BCUT2D eigenvalue weighted by Gasteiger charge is -2.29. The molecule has 3 rings (SSSR count). The molecule has 0 spiro atoms. The summed E-state index contributed by atoms with van der Waals surface area (Å²) in [4.78, 5) is 0. The van der Waals surface area contributed by atoms with Crippen molar-refractivity contribution in [1.29, 1.82) is 0 Å². The molecule has 0 atom stereocenters. The van der Waals surface area contributed by atoms with E-state index in [4.69, 9.17) is 31.4 Å². The minimum atomic E-state index is -5.49. The molecule has 0 unspecified atom stereocenters. The van der Waals surface area contributed by atoms with Crippen molar-refractivity contribution in [3.8, 4) is 0 Å². The minimum Gasteiger partial charge on any atom is -0.222 e. The van der Waals surface area contributed by atoms with Crippen LogP contribution in [0.25, 0.3) is 0 Å². The number of phosphoric acid groups is 1. The zero-order valence-corrected chi connectivity index (χ0v) is 20.9. The summed E-state index contributed by atoms with van der Waals surface area (Å²) < 4.78 is 146. The third kappa shape index (κ3) is 8.46. The molecule has 20 heteroatoms. The summed E-state index contributed by atoms with van der Waals surface area (Å²) in [7, 11) is -5.49. The maximum atomic E-state index is 13.5. The van der Waals surface area contributed by atoms with Crippen molar-refractivity contribution in [3.63, 3.8) is 0 Å². The predicted octanol–water partition coefficient (Wildman–Crippen LogP) is 6.09. The van der Waals surface area contributed by atoms with Gasteiger partial charge >= 0.3 is 26.4 Å². The van der Waals surface area contributed by atoms with Crippen molar-refractivity contribution in [1.82, 2.24) is 0 Å². The Balaban J connectivity index is 1.96. The minimum absolute atomic E-state index is 0.0318. The molecule has 0 bridgehead atoms. The molecule has 41 heavy (non-hydrogen) atoms. The monoisotopic (exact) mass is 620 g/mol. The molecule has 224 valence electrons. The molecular weight excluding hydrogens is 602 g/mol. The van der Waals surface area contributed by atoms with E-state index in [2.05, 4.69) is 0 Å². The van der Waals surface area contributed by atoms with Crippen LogP contribution in [0.5, 0.6) is 0 Å². The Morgan fingerprint density at radius 2 is 0.756 bits per heavy atom. The number of benzene rings is 3. The van der Waals surface area contributed by atoms with Crippen LogP contribution < -0.4 is 33.0 Å². The molecule has 0 heterocycles. The fourth-order valence-corrected chi connectivity index (χ4v) is 3.99. The van der Waals surface area contributed by atoms with Crippen LogP contribution in [0.4, 0.5) is 56.6 Å². The number of hydrogen-bond acceptors (Lipinski definition) is 10.